The van der Waals surface area contributed by atoms with E-state index in [1.54, 1.807) is 18.3 Å². The van der Waals surface area contributed by atoms with Crippen LogP contribution in [0, 0.1) is 0 Å². The van der Waals surface area contributed by atoms with Crippen molar-refractivity contribution >= 4 is 73.9 Å². The van der Waals surface area contributed by atoms with E-state index >= 15 is 4.79 Å². The number of primary amides is 1. The van der Waals surface area contributed by atoms with Crippen LogP contribution in [0.4, 0.5) is 0 Å². The minimum absolute atomic E-state index is 0.00241. The quantitative estimate of drug-likeness (QED) is 0.0333. The highest BCUT2D eigenvalue weighted by Gasteiger charge is 2.38. The number of amides is 6. The zero-order valence-electron chi connectivity index (χ0n) is 32.5. The molecule has 3 heterocycles. The van der Waals surface area contributed by atoms with Gasteiger partial charge in [-0.15, -0.1) is 0 Å². The summed E-state index contributed by atoms with van der Waals surface area (Å²) in [6.45, 7) is 1.60. The fraction of sp³-hybridized carbons (Fsp3) is 0.385. The van der Waals surface area contributed by atoms with Crippen LogP contribution < -0.4 is 38.5 Å². The highest BCUT2D eigenvalue weighted by molar-refractivity contribution is 8.76. The maximum atomic E-state index is 15.0. The van der Waals surface area contributed by atoms with Gasteiger partial charge in [-0.2, -0.15) is 0 Å². The van der Waals surface area contributed by atoms with Crippen molar-refractivity contribution in [3.05, 3.63) is 90.1 Å². The molecule has 2 aromatic heterocycles. The lowest BCUT2D eigenvalue weighted by Gasteiger charge is -2.35. The monoisotopic (exact) mass is 846 g/mol. The Balaban J connectivity index is 1.53. The van der Waals surface area contributed by atoms with Crippen LogP contribution in [0.5, 0.6) is 0 Å². The van der Waals surface area contributed by atoms with E-state index in [1.165, 1.54) is 45.9 Å². The summed E-state index contributed by atoms with van der Waals surface area (Å²) in [5.41, 5.74) is 19.8. The lowest BCUT2D eigenvalue weighted by molar-refractivity contribution is -0.143. The number of hydrogen-bond acceptors (Lipinski definition) is 10. The number of unbranched alkanes of at least 4 members (excludes halogenated alkanes) is 1. The molecule has 0 spiro atoms. The molecule has 59 heavy (non-hydrogen) atoms. The number of hydrogen-bond donors (Lipinski definition) is 9. The summed E-state index contributed by atoms with van der Waals surface area (Å²) in [5, 5.41) is 12.0. The van der Waals surface area contributed by atoms with E-state index in [0.717, 1.165) is 22.0 Å². The summed E-state index contributed by atoms with van der Waals surface area (Å²) in [5.74, 6) is -3.78. The van der Waals surface area contributed by atoms with Gasteiger partial charge in [-0.1, -0.05) is 70.1 Å². The fourth-order valence-electron chi connectivity index (χ4n) is 6.62. The Morgan fingerprint density at radius 2 is 1.64 bits per heavy atom. The van der Waals surface area contributed by atoms with Crippen LogP contribution in [0.15, 0.2) is 78.3 Å². The van der Waals surface area contributed by atoms with Crippen molar-refractivity contribution < 1.29 is 28.8 Å². The molecule has 0 radical (unpaired) electrons. The van der Waals surface area contributed by atoms with E-state index in [2.05, 4.69) is 41.2 Å². The van der Waals surface area contributed by atoms with Gasteiger partial charge in [0.05, 0.1) is 6.33 Å². The van der Waals surface area contributed by atoms with Crippen LogP contribution in [0.3, 0.4) is 0 Å². The van der Waals surface area contributed by atoms with E-state index in [-0.39, 0.29) is 49.8 Å². The number of imidazole rings is 1. The third-order valence-electron chi connectivity index (χ3n) is 9.57. The number of fused-ring (bicyclic) bond motifs is 1. The van der Waals surface area contributed by atoms with Gasteiger partial charge in [-0.25, -0.2) is 4.98 Å². The fourth-order valence-corrected chi connectivity index (χ4v) is 9.01. The summed E-state index contributed by atoms with van der Waals surface area (Å²) in [4.78, 5) is 98.4. The zero-order chi connectivity index (χ0) is 42.3. The third kappa shape index (κ3) is 13.0. The number of aromatic amines is 2. The number of aliphatic imine (C=N–C) groups is 1. The molecule has 314 valence electrons. The first-order chi connectivity index (χ1) is 28.4. The van der Waals surface area contributed by atoms with Crippen molar-refractivity contribution in [2.45, 2.75) is 69.2 Å². The van der Waals surface area contributed by atoms with Gasteiger partial charge >= 0.3 is 0 Å². The second-order valence-corrected chi connectivity index (χ2v) is 16.6. The van der Waals surface area contributed by atoms with Gasteiger partial charge in [0.2, 0.25) is 35.4 Å². The Morgan fingerprint density at radius 1 is 0.915 bits per heavy atom. The van der Waals surface area contributed by atoms with E-state index in [9.17, 15) is 24.0 Å². The number of carbonyl (C=O) groups excluding carboxylic acids is 6. The van der Waals surface area contributed by atoms with Crippen LogP contribution in [0.2, 0.25) is 0 Å². The van der Waals surface area contributed by atoms with E-state index in [4.69, 9.17) is 17.2 Å². The standard InChI is InChI=1S/C39H50N12O6S2/c1-23(52)47-32-20-58-59-21-33(37(56)48-29(34(40)53)16-25-18-45-28-12-6-5-11-27(25)28)51(14-8-7-13-44-39(41)42)38(57)31(15-24-9-3-2-4-10-24)50-35(54)30(49-36(32)55)17-26-19-43-22-46-26/h2-6,9-12,18-19,22,29-33,45H,7-8,13-17,20-21H2,1H3,(H2,40,53)(H,43,46)(H,47,52)(H,48,56)(H,49,55)(H,50,54)(H4,41,42,44)/t29-,30-,31+,32-,33+/m0/s1. The zero-order valence-corrected chi connectivity index (χ0v) is 34.2. The number of nitrogens with two attached hydrogens (primary N) is 3. The number of guanidine groups is 1. The molecule has 5 atom stereocenters. The minimum Gasteiger partial charge on any atom is -0.370 e. The average molecular weight is 847 g/mol. The predicted molar refractivity (Wildman–Crippen MR) is 227 cm³/mol. The summed E-state index contributed by atoms with van der Waals surface area (Å²) in [6, 6.07) is 10.8. The predicted octanol–water partition coefficient (Wildman–Crippen LogP) is 0.00910. The number of nitrogens with one attached hydrogen (secondary N) is 6. The Kier molecular flexibility index (Phi) is 16.2. The number of rotatable bonds is 15. The Labute approximate surface area is 348 Å². The topological polar surface area (TPSA) is 289 Å². The van der Waals surface area contributed by atoms with E-state index < -0.39 is 65.7 Å². The molecule has 0 bridgehead atoms. The van der Waals surface area contributed by atoms with Gasteiger partial charge in [-0.3, -0.25) is 33.8 Å². The van der Waals surface area contributed by atoms with Crippen molar-refractivity contribution in [3.63, 3.8) is 0 Å². The van der Waals surface area contributed by atoms with E-state index in [1.807, 2.05) is 42.5 Å². The first-order valence-corrected chi connectivity index (χ1v) is 21.5. The SMILES string of the molecule is CC(=O)N[C@H]1CSSC[C@H](C(=O)N[C@@H](Cc2c[nH]c3ccccc23)C(N)=O)N(CCCCN=C(N)N)C(=O)[C@@H](Cc2ccccc2)NC(=O)[C@H](Cc2cnc[nH]2)NC1=O. The minimum atomic E-state index is -1.22. The molecule has 0 saturated carbocycles. The normalized spacial score (nSPS) is 19.8. The van der Waals surface area contributed by atoms with Gasteiger partial charge in [0.25, 0.3) is 0 Å². The molecule has 1 fully saturated rings. The van der Waals surface area contributed by atoms with Crippen LogP contribution in [0.25, 0.3) is 10.9 Å². The van der Waals surface area contributed by atoms with Crippen LogP contribution in [-0.2, 0) is 48.0 Å². The number of para-hydroxylation sites is 1. The Hall–Kier alpha value is -6.02. The van der Waals surface area contributed by atoms with Crippen molar-refractivity contribution in [3.8, 4) is 0 Å². The van der Waals surface area contributed by atoms with Gasteiger partial charge < -0.3 is 53.3 Å². The maximum Gasteiger partial charge on any atom is 0.246 e. The van der Waals surface area contributed by atoms with Crippen LogP contribution >= 0.6 is 21.6 Å². The molecule has 1 saturated heterocycles. The van der Waals surface area contributed by atoms with Crippen LogP contribution in [0.1, 0.15) is 36.6 Å². The van der Waals surface area contributed by atoms with Gasteiger partial charge in [-0.05, 0) is 30.0 Å². The smallest absolute Gasteiger partial charge is 0.246 e. The molecular weight excluding hydrogens is 797 g/mol. The van der Waals surface area contributed by atoms with Gasteiger partial charge in [0.15, 0.2) is 5.96 Å². The summed E-state index contributed by atoms with van der Waals surface area (Å²) in [7, 11) is 2.41. The lowest BCUT2D eigenvalue weighted by atomic mass is 10.0. The van der Waals surface area contributed by atoms with Crippen molar-refractivity contribution in [1.82, 2.24) is 41.1 Å². The highest BCUT2D eigenvalue weighted by atomic mass is 33.1. The molecule has 0 unspecified atom stereocenters. The molecule has 18 nitrogen and oxygen atoms in total. The maximum absolute atomic E-state index is 15.0. The first-order valence-electron chi connectivity index (χ1n) is 19.0. The molecule has 1 aliphatic rings. The molecule has 6 amide bonds. The molecule has 1 aliphatic heterocycles. The summed E-state index contributed by atoms with van der Waals surface area (Å²) < 4.78 is 0. The van der Waals surface area contributed by atoms with Gasteiger partial charge in [0.1, 0.15) is 30.2 Å². The molecule has 20 heteroatoms. The van der Waals surface area contributed by atoms with Gasteiger partial charge in [0, 0.05) is 79.8 Å². The molecule has 4 aromatic rings. The summed E-state index contributed by atoms with van der Waals surface area (Å²) in [6.07, 6.45) is 5.63. The Bertz CT molecular complexity index is 2090. The second kappa shape index (κ2) is 21.7. The molecule has 0 aliphatic carbocycles. The van der Waals surface area contributed by atoms with Crippen molar-refractivity contribution in [1.29, 1.82) is 0 Å². The number of nitrogens with zero attached hydrogens (tertiary/aromatic N) is 3. The largest absolute Gasteiger partial charge is 0.370 e. The third-order valence-corrected chi connectivity index (χ3v) is 12.0. The highest BCUT2D eigenvalue weighted by Crippen LogP contribution is 2.27. The molecular formula is C39H50N12O6S2. The summed E-state index contributed by atoms with van der Waals surface area (Å²) >= 11 is 0. The molecule has 2 aromatic carbocycles. The number of aromatic nitrogens is 3. The number of H-pyrrole nitrogens is 2. The molecule has 5 rings (SSSR count). The second-order valence-electron chi connectivity index (χ2n) is 14.0. The van der Waals surface area contributed by atoms with Crippen LogP contribution in [-0.4, -0.2) is 116 Å². The average Bonchev–Trinajstić information content (AvgIpc) is 3.88. The van der Waals surface area contributed by atoms with Crippen molar-refractivity contribution in [2.24, 2.45) is 22.2 Å². The number of benzene rings is 2. The Morgan fingerprint density at radius 3 is 2.36 bits per heavy atom. The first kappa shape index (κ1) is 44.1. The van der Waals surface area contributed by atoms with E-state index in [0.29, 0.717) is 18.5 Å². The molecule has 12 N–H and O–H groups in total. The lowest BCUT2D eigenvalue weighted by Crippen LogP contribution is -2.61. The van der Waals surface area contributed by atoms with Crippen molar-refractivity contribution in [2.75, 3.05) is 24.6 Å². The number of carbonyl (C=O) groups is 6.